The molecule has 0 spiro atoms. The monoisotopic (exact) mass is 726 g/mol. The van der Waals surface area contributed by atoms with Crippen molar-refractivity contribution in [1.29, 1.82) is 5.26 Å². The second kappa shape index (κ2) is 12.9. The minimum atomic E-state index is -0.937. The zero-order chi connectivity index (χ0) is 34.9. The average Bonchev–Trinajstić information content (AvgIpc) is 3.81. The number of alkyl halides is 1. The Morgan fingerprint density at radius 3 is 2.88 bits per heavy atom. The number of nitrogens with zero attached hydrogens (tertiary/aromatic N) is 5. The quantitative estimate of drug-likeness (QED) is 0.174. The molecule has 9 nitrogen and oxygen atoms in total. The van der Waals surface area contributed by atoms with E-state index in [0.29, 0.717) is 43.2 Å². The Labute approximate surface area is 297 Å². The minimum Gasteiger partial charge on any atom is -0.489 e. The summed E-state index contributed by atoms with van der Waals surface area (Å²) in [4.78, 5) is 13.8. The van der Waals surface area contributed by atoms with E-state index in [1.165, 1.54) is 12.1 Å². The molecule has 264 valence electrons. The molecule has 2 unspecified atom stereocenters. The van der Waals surface area contributed by atoms with Gasteiger partial charge in [-0.25, -0.2) is 13.2 Å². The Kier molecular flexibility index (Phi) is 8.65. The van der Waals surface area contributed by atoms with E-state index in [-0.39, 0.29) is 79.4 Å². The molecular formula is C36H38ClF3N6O3S. The van der Waals surface area contributed by atoms with Gasteiger partial charge in [0.1, 0.15) is 47.6 Å². The molecule has 6 heterocycles. The lowest BCUT2D eigenvalue weighted by molar-refractivity contribution is 0.0739. The van der Waals surface area contributed by atoms with E-state index in [9.17, 15) is 9.65 Å². The van der Waals surface area contributed by atoms with E-state index >= 15 is 8.78 Å². The van der Waals surface area contributed by atoms with Crippen LogP contribution in [0.3, 0.4) is 0 Å². The molecule has 4 aromatic rings. The van der Waals surface area contributed by atoms with Gasteiger partial charge >= 0.3 is 6.01 Å². The van der Waals surface area contributed by atoms with E-state index < -0.39 is 23.3 Å². The van der Waals surface area contributed by atoms with Crippen molar-refractivity contribution in [2.24, 2.45) is 5.92 Å². The predicted octanol–water partition coefficient (Wildman–Crippen LogP) is 7.64. The molecule has 4 atom stereocenters. The first kappa shape index (κ1) is 33.6. The highest BCUT2D eigenvalue weighted by Gasteiger charge is 2.49. The molecule has 2 aromatic heterocycles. The Morgan fingerprint density at radius 2 is 2.08 bits per heavy atom. The summed E-state index contributed by atoms with van der Waals surface area (Å²) in [5, 5.41) is 10.5. The molecular weight excluding hydrogens is 689 g/mol. The van der Waals surface area contributed by atoms with Gasteiger partial charge in [-0.3, -0.25) is 4.90 Å². The van der Waals surface area contributed by atoms with E-state index in [1.807, 2.05) is 19.9 Å². The maximum absolute atomic E-state index is 17.2. The number of halogens is 4. The van der Waals surface area contributed by atoms with E-state index in [2.05, 4.69) is 14.8 Å². The van der Waals surface area contributed by atoms with Gasteiger partial charge in [0.2, 0.25) is 0 Å². The Morgan fingerprint density at radius 1 is 1.24 bits per heavy atom. The fourth-order valence-electron chi connectivity index (χ4n) is 8.55. The summed E-state index contributed by atoms with van der Waals surface area (Å²) in [6, 6.07) is 4.57. The smallest absolute Gasteiger partial charge is 0.319 e. The van der Waals surface area contributed by atoms with Crippen LogP contribution < -0.4 is 20.1 Å². The van der Waals surface area contributed by atoms with Gasteiger partial charge in [-0.05, 0) is 70.0 Å². The number of aromatic nitrogens is 2. The highest BCUT2D eigenvalue weighted by molar-refractivity contribution is 7.23. The zero-order valence-electron chi connectivity index (χ0n) is 27.9. The van der Waals surface area contributed by atoms with E-state index in [4.69, 9.17) is 36.5 Å². The second-order valence-corrected chi connectivity index (χ2v) is 15.7. The average molecular weight is 727 g/mol. The van der Waals surface area contributed by atoms with Crippen LogP contribution in [0.5, 0.6) is 11.8 Å². The number of nitrogen functional groups attached to an aromatic ring is 1. The highest BCUT2D eigenvalue weighted by Crippen LogP contribution is 2.52. The number of thiophene rings is 1. The number of rotatable bonds is 9. The minimum absolute atomic E-state index is 0.0228. The topological polar surface area (TPSA) is 110 Å². The first-order chi connectivity index (χ1) is 24.1. The number of nitrogens with two attached hydrogens (primary N) is 1. The van der Waals surface area contributed by atoms with Gasteiger partial charge in [0, 0.05) is 37.1 Å². The van der Waals surface area contributed by atoms with Crippen molar-refractivity contribution in [2.75, 3.05) is 50.1 Å². The number of anilines is 2. The summed E-state index contributed by atoms with van der Waals surface area (Å²) in [6.07, 6.45) is 4.03. The molecule has 14 heteroatoms. The molecule has 2 aromatic carbocycles. The summed E-state index contributed by atoms with van der Waals surface area (Å²) in [6.45, 7) is 7.00. The first-order valence-electron chi connectivity index (χ1n) is 17.2. The normalized spacial score (nSPS) is 24.5. The van der Waals surface area contributed by atoms with Crippen LogP contribution in [-0.2, 0) is 4.74 Å². The number of hydrogen-bond donors (Lipinski definition) is 1. The number of hydrogen-bond acceptors (Lipinski definition) is 10. The third-order valence-electron chi connectivity index (χ3n) is 10.8. The first-order valence-corrected chi connectivity index (χ1v) is 18.4. The van der Waals surface area contributed by atoms with Crippen LogP contribution in [0, 0.1) is 28.9 Å². The Hall–Kier alpha value is -3.57. The van der Waals surface area contributed by atoms with Crippen molar-refractivity contribution in [1.82, 2.24) is 14.9 Å². The maximum atomic E-state index is 17.2. The molecule has 0 radical (unpaired) electrons. The van der Waals surface area contributed by atoms with Gasteiger partial charge in [-0.2, -0.15) is 15.2 Å². The summed E-state index contributed by atoms with van der Waals surface area (Å²) in [7, 11) is 0. The molecule has 0 saturated carbocycles. The molecule has 0 amide bonds. The fourth-order valence-corrected chi connectivity index (χ4v) is 9.83. The molecule has 0 bridgehead atoms. The van der Waals surface area contributed by atoms with Crippen molar-refractivity contribution in [2.45, 2.75) is 76.2 Å². The second-order valence-electron chi connectivity index (χ2n) is 14.3. The van der Waals surface area contributed by atoms with Gasteiger partial charge in [-0.1, -0.05) is 17.7 Å². The van der Waals surface area contributed by atoms with E-state index in [0.717, 1.165) is 50.0 Å². The molecule has 3 saturated heterocycles. The summed E-state index contributed by atoms with van der Waals surface area (Å²) < 4.78 is 65.5. The highest BCUT2D eigenvalue weighted by atomic mass is 35.5. The van der Waals surface area contributed by atoms with Gasteiger partial charge in [0.15, 0.2) is 11.6 Å². The SMILES string of the molecule is CC(C)OCCCC1CC2COc3c(Cl)c(-c4ccc(F)c5sc(N)c(C#N)c45)c(F)c4nc(OC[C@@]56CCCN5C[C@H](F)C6)nc(c34)N2C1. The van der Waals surface area contributed by atoms with Crippen molar-refractivity contribution in [3.05, 3.63) is 34.4 Å². The Bertz CT molecular complexity index is 2040. The van der Waals surface area contributed by atoms with Gasteiger partial charge in [-0.15, -0.1) is 11.3 Å². The van der Waals surface area contributed by atoms with Gasteiger partial charge in [0.05, 0.1) is 38.4 Å². The van der Waals surface area contributed by atoms with Crippen LogP contribution in [0.4, 0.5) is 24.0 Å². The lowest BCUT2D eigenvalue weighted by Gasteiger charge is -2.31. The summed E-state index contributed by atoms with van der Waals surface area (Å²) >= 11 is 8.00. The lowest BCUT2D eigenvalue weighted by Crippen LogP contribution is -2.43. The van der Waals surface area contributed by atoms with Crippen molar-refractivity contribution >= 4 is 54.7 Å². The molecule has 0 aliphatic carbocycles. The van der Waals surface area contributed by atoms with Crippen molar-refractivity contribution in [3.8, 4) is 29.0 Å². The van der Waals surface area contributed by atoms with Crippen LogP contribution in [0.15, 0.2) is 12.1 Å². The van der Waals surface area contributed by atoms with Crippen molar-refractivity contribution < 1.29 is 27.4 Å². The third-order valence-corrected chi connectivity index (χ3v) is 12.2. The number of ether oxygens (including phenoxy) is 3. The zero-order valence-corrected chi connectivity index (χ0v) is 29.5. The van der Waals surface area contributed by atoms with Gasteiger partial charge < -0.3 is 24.8 Å². The molecule has 4 aliphatic heterocycles. The molecule has 8 rings (SSSR count). The fraction of sp³-hybridized carbons (Fsp3) is 0.528. The van der Waals surface area contributed by atoms with Crippen molar-refractivity contribution in [3.63, 3.8) is 0 Å². The number of nitriles is 1. The van der Waals surface area contributed by atoms with Crippen LogP contribution in [0.1, 0.15) is 57.9 Å². The Balaban J connectivity index is 1.26. The lowest BCUT2D eigenvalue weighted by atomic mass is 9.95. The molecule has 50 heavy (non-hydrogen) atoms. The standard InChI is InChI=1S/C36H38ClF3N6O3S/c1-18(2)47-10-3-5-19-11-21-16-48-31-27-30(29(40)26(28(31)37)22-6-7-24(39)32-25(22)23(13-41)33(42)50-32)43-35(44-34(27)46(21)14-19)49-17-36-8-4-9-45(36)15-20(38)12-36/h6-7,18-21H,3-5,8-12,14-17,42H2,1-2H3/t19?,20-,21?,36+/m1/s1. The van der Waals surface area contributed by atoms with Crippen LogP contribution in [0.25, 0.3) is 32.1 Å². The van der Waals surface area contributed by atoms with Crippen LogP contribution in [0.2, 0.25) is 5.02 Å². The summed E-state index contributed by atoms with van der Waals surface area (Å²) in [5.74, 6) is -0.345. The number of fused-ring (bicyclic) bond motifs is 4. The molecule has 3 fully saturated rings. The van der Waals surface area contributed by atoms with E-state index in [1.54, 1.807) is 0 Å². The van der Waals surface area contributed by atoms with Crippen LogP contribution >= 0.6 is 22.9 Å². The molecule has 4 aliphatic rings. The summed E-state index contributed by atoms with van der Waals surface area (Å²) in [5.41, 5.74) is 5.76. The molecule has 2 N–H and O–H groups in total. The van der Waals surface area contributed by atoms with Crippen LogP contribution in [-0.4, -0.2) is 78.2 Å². The maximum Gasteiger partial charge on any atom is 0.319 e. The van der Waals surface area contributed by atoms with Gasteiger partial charge in [0.25, 0.3) is 0 Å². The predicted molar refractivity (Wildman–Crippen MR) is 188 cm³/mol. The largest absolute Gasteiger partial charge is 0.489 e. The third kappa shape index (κ3) is 5.50. The number of benzene rings is 2.